The van der Waals surface area contributed by atoms with Gasteiger partial charge in [0.25, 0.3) is 17.2 Å². The van der Waals surface area contributed by atoms with Gasteiger partial charge in [-0.2, -0.15) is 0 Å². The highest BCUT2D eigenvalue weighted by atomic mass is 16.6. The van der Waals surface area contributed by atoms with Gasteiger partial charge < -0.3 is 15.4 Å². The van der Waals surface area contributed by atoms with Crippen LogP contribution in [0.5, 0.6) is 5.75 Å². The lowest BCUT2D eigenvalue weighted by atomic mass is 10.1. The van der Waals surface area contributed by atoms with Crippen molar-refractivity contribution in [1.82, 2.24) is 9.55 Å². The van der Waals surface area contributed by atoms with Crippen LogP contribution in [-0.4, -0.2) is 33.5 Å². The molecule has 0 radical (unpaired) electrons. The predicted octanol–water partition coefficient (Wildman–Crippen LogP) is 2.53. The average Bonchev–Trinajstić information content (AvgIpc) is 2.83. The number of carbonyl (C=O) groups excluding carboxylic acids is 1. The molecule has 11 heteroatoms. The summed E-state index contributed by atoms with van der Waals surface area (Å²) in [4.78, 5) is 52.2. The lowest BCUT2D eigenvalue weighted by molar-refractivity contribution is -0.384. The molecule has 2 aromatic carbocycles. The number of carbonyl (C=O) groups is 1. The van der Waals surface area contributed by atoms with Crippen molar-refractivity contribution >= 4 is 23.1 Å². The van der Waals surface area contributed by atoms with Gasteiger partial charge in [-0.3, -0.25) is 29.3 Å². The molecule has 11 nitrogen and oxygen atoms in total. The van der Waals surface area contributed by atoms with Crippen molar-refractivity contribution in [3.8, 4) is 5.75 Å². The molecule has 0 fully saturated rings. The first-order valence-corrected chi connectivity index (χ1v) is 11.0. The van der Waals surface area contributed by atoms with Gasteiger partial charge in [0.1, 0.15) is 11.6 Å². The number of nitrogens with zero attached hydrogens (tertiary/aromatic N) is 3. The van der Waals surface area contributed by atoms with Crippen molar-refractivity contribution in [2.45, 2.75) is 26.8 Å². The van der Waals surface area contributed by atoms with E-state index in [2.05, 4.69) is 4.98 Å². The second-order valence-electron chi connectivity index (χ2n) is 8.33. The van der Waals surface area contributed by atoms with Crippen molar-refractivity contribution in [2.24, 2.45) is 5.92 Å². The first kappa shape index (κ1) is 25.2. The summed E-state index contributed by atoms with van der Waals surface area (Å²) < 4.78 is 6.71. The minimum absolute atomic E-state index is 0.109. The summed E-state index contributed by atoms with van der Waals surface area (Å²) in [6.45, 7) is 3.80. The molecule has 0 aliphatic rings. The summed E-state index contributed by atoms with van der Waals surface area (Å²) in [5.41, 5.74) is 5.38. The maximum atomic E-state index is 13.2. The second kappa shape index (κ2) is 11.1. The minimum Gasteiger partial charge on any atom is -0.484 e. The zero-order chi connectivity index (χ0) is 25.5. The summed E-state index contributed by atoms with van der Waals surface area (Å²) >= 11 is 0. The first-order chi connectivity index (χ1) is 16.7. The Balaban J connectivity index is 1.91. The number of non-ortho nitro benzene ring substituents is 1. The first-order valence-electron chi connectivity index (χ1n) is 11.0. The van der Waals surface area contributed by atoms with E-state index in [0.29, 0.717) is 6.42 Å². The Hall–Kier alpha value is -4.41. The Morgan fingerprint density at radius 1 is 1.14 bits per heavy atom. The summed E-state index contributed by atoms with van der Waals surface area (Å²) in [5, 5.41) is 10.8. The highest BCUT2D eigenvalue weighted by molar-refractivity contribution is 5.96. The zero-order valence-corrected chi connectivity index (χ0v) is 19.5. The quantitative estimate of drug-likeness (QED) is 0.333. The highest BCUT2D eigenvalue weighted by Crippen LogP contribution is 2.21. The largest absolute Gasteiger partial charge is 0.484 e. The number of nitrogens with one attached hydrogen (secondary N) is 1. The molecule has 1 aromatic heterocycles. The van der Waals surface area contributed by atoms with E-state index in [-0.39, 0.29) is 41.9 Å². The molecular formula is C24H27N5O6. The van der Waals surface area contributed by atoms with Crippen LogP contribution in [0.4, 0.5) is 17.2 Å². The topological polar surface area (TPSA) is 154 Å². The monoisotopic (exact) mass is 481 g/mol. The Kier molecular flexibility index (Phi) is 8.03. The van der Waals surface area contributed by atoms with E-state index in [1.54, 1.807) is 0 Å². The number of rotatable bonds is 10. The third kappa shape index (κ3) is 6.34. The zero-order valence-electron chi connectivity index (χ0n) is 19.5. The standard InChI is InChI=1S/C24H27N5O6/c1-16(2)12-13-27(20(30)15-35-19-10-8-18(9-11-19)29(33)34)21-22(25)28(24(32)26-23(21)31)14-17-6-4-3-5-7-17/h3-11,16H,12-15,25H2,1-2H3,(H,26,31,32). The van der Waals surface area contributed by atoms with Crippen LogP contribution in [0.2, 0.25) is 0 Å². The van der Waals surface area contributed by atoms with Crippen LogP contribution in [-0.2, 0) is 11.3 Å². The molecular weight excluding hydrogens is 454 g/mol. The molecule has 3 rings (SSSR count). The third-order valence-corrected chi connectivity index (χ3v) is 5.31. The van der Waals surface area contributed by atoms with Crippen LogP contribution in [0.15, 0.2) is 64.2 Å². The van der Waals surface area contributed by atoms with Gasteiger partial charge in [-0.15, -0.1) is 0 Å². The molecule has 0 aliphatic heterocycles. The maximum absolute atomic E-state index is 13.2. The number of benzene rings is 2. The number of amides is 1. The minimum atomic E-state index is -0.774. The summed E-state index contributed by atoms with van der Waals surface area (Å²) in [6.07, 6.45) is 0.569. The van der Waals surface area contributed by atoms with Crippen molar-refractivity contribution in [3.63, 3.8) is 0 Å². The van der Waals surface area contributed by atoms with Gasteiger partial charge >= 0.3 is 5.69 Å². The number of nitrogen functional groups attached to an aromatic ring is 1. The number of aromatic nitrogens is 2. The van der Waals surface area contributed by atoms with Crippen molar-refractivity contribution < 1.29 is 14.5 Å². The molecule has 3 aromatic rings. The number of aromatic amines is 1. The fourth-order valence-corrected chi connectivity index (χ4v) is 3.40. The fraction of sp³-hybridized carbons (Fsp3) is 0.292. The van der Waals surface area contributed by atoms with E-state index in [1.807, 2.05) is 44.2 Å². The van der Waals surface area contributed by atoms with E-state index >= 15 is 0 Å². The molecule has 0 aliphatic carbocycles. The van der Waals surface area contributed by atoms with E-state index < -0.39 is 28.7 Å². The van der Waals surface area contributed by atoms with E-state index in [9.17, 15) is 24.5 Å². The molecule has 0 saturated carbocycles. The normalized spacial score (nSPS) is 10.8. The van der Waals surface area contributed by atoms with Crippen molar-refractivity contribution in [3.05, 3.63) is 91.1 Å². The van der Waals surface area contributed by atoms with Gasteiger partial charge in [0.05, 0.1) is 11.5 Å². The summed E-state index contributed by atoms with van der Waals surface area (Å²) in [6, 6.07) is 14.4. The number of hydrogen-bond acceptors (Lipinski definition) is 7. The fourth-order valence-electron chi connectivity index (χ4n) is 3.40. The van der Waals surface area contributed by atoms with Gasteiger partial charge in [0.2, 0.25) is 0 Å². The summed E-state index contributed by atoms with van der Waals surface area (Å²) in [5.74, 6) is -0.207. The van der Waals surface area contributed by atoms with Crippen LogP contribution in [0.25, 0.3) is 0 Å². The van der Waals surface area contributed by atoms with Gasteiger partial charge in [-0.05, 0) is 30.0 Å². The molecule has 0 atom stereocenters. The molecule has 35 heavy (non-hydrogen) atoms. The van der Waals surface area contributed by atoms with Crippen LogP contribution >= 0.6 is 0 Å². The smallest absolute Gasteiger partial charge is 0.330 e. The predicted molar refractivity (Wildman–Crippen MR) is 132 cm³/mol. The number of nitro benzene ring substituents is 1. The third-order valence-electron chi connectivity index (χ3n) is 5.31. The molecule has 0 unspecified atom stereocenters. The molecule has 3 N–H and O–H groups in total. The van der Waals surface area contributed by atoms with Crippen LogP contribution in [0.1, 0.15) is 25.8 Å². The number of H-pyrrole nitrogens is 1. The van der Waals surface area contributed by atoms with Crippen LogP contribution in [0, 0.1) is 16.0 Å². The van der Waals surface area contributed by atoms with Gasteiger partial charge in [0, 0.05) is 18.7 Å². The highest BCUT2D eigenvalue weighted by Gasteiger charge is 2.25. The number of hydrogen-bond donors (Lipinski definition) is 2. The molecule has 1 heterocycles. The Morgan fingerprint density at radius 2 is 1.80 bits per heavy atom. The Bertz CT molecular complexity index is 1300. The molecule has 184 valence electrons. The van der Waals surface area contributed by atoms with Crippen molar-refractivity contribution in [2.75, 3.05) is 23.8 Å². The van der Waals surface area contributed by atoms with E-state index in [0.717, 1.165) is 5.56 Å². The van der Waals surface area contributed by atoms with Crippen LogP contribution in [0.3, 0.4) is 0 Å². The van der Waals surface area contributed by atoms with Crippen LogP contribution < -0.4 is 26.6 Å². The van der Waals surface area contributed by atoms with E-state index in [4.69, 9.17) is 10.5 Å². The number of anilines is 2. The Labute approximate surface area is 200 Å². The molecule has 0 bridgehead atoms. The lowest BCUT2D eigenvalue weighted by Crippen LogP contribution is -2.43. The average molecular weight is 482 g/mol. The maximum Gasteiger partial charge on any atom is 0.330 e. The number of nitro groups is 1. The molecule has 0 spiro atoms. The van der Waals surface area contributed by atoms with Gasteiger partial charge in [-0.1, -0.05) is 44.2 Å². The lowest BCUT2D eigenvalue weighted by Gasteiger charge is -2.25. The second-order valence-corrected chi connectivity index (χ2v) is 8.33. The van der Waals surface area contributed by atoms with Gasteiger partial charge in [0.15, 0.2) is 12.3 Å². The Morgan fingerprint density at radius 3 is 2.40 bits per heavy atom. The number of nitrogens with two attached hydrogens (primary N) is 1. The molecule has 1 amide bonds. The van der Waals surface area contributed by atoms with Crippen molar-refractivity contribution in [1.29, 1.82) is 0 Å². The van der Waals surface area contributed by atoms with E-state index in [1.165, 1.54) is 33.7 Å². The molecule has 0 saturated heterocycles. The van der Waals surface area contributed by atoms with Gasteiger partial charge in [-0.25, -0.2) is 4.79 Å². The summed E-state index contributed by atoms with van der Waals surface area (Å²) in [7, 11) is 0. The SMILES string of the molecule is CC(C)CCN(C(=O)COc1ccc([N+](=O)[O-])cc1)c1c(N)n(Cc2ccccc2)c(=O)[nH]c1=O. The number of ether oxygens (including phenoxy) is 1.